The monoisotopic (exact) mass is 438 g/mol. The maximum absolute atomic E-state index is 13.4. The van der Waals surface area contributed by atoms with Crippen molar-refractivity contribution in [2.45, 2.75) is 50.6 Å². The fraction of sp³-hybridized carbons (Fsp3) is 0.440. The quantitative estimate of drug-likeness (QED) is 0.589. The van der Waals surface area contributed by atoms with E-state index in [-0.39, 0.29) is 35.6 Å². The summed E-state index contributed by atoms with van der Waals surface area (Å²) in [5, 5.41) is 2.95. The van der Waals surface area contributed by atoms with E-state index in [9.17, 15) is 14.0 Å². The highest BCUT2D eigenvalue weighted by Crippen LogP contribution is 2.28. The summed E-state index contributed by atoms with van der Waals surface area (Å²) in [7, 11) is 1.83. The van der Waals surface area contributed by atoms with Gasteiger partial charge in [-0.15, -0.1) is 0 Å². The molecule has 2 aromatic rings. The summed E-state index contributed by atoms with van der Waals surface area (Å²) in [5.74, 6) is -0.294. The Kier molecular flexibility index (Phi) is 7.17. The van der Waals surface area contributed by atoms with Gasteiger partial charge in [-0.2, -0.15) is 0 Å². The highest BCUT2D eigenvalue weighted by Gasteiger charge is 2.27. The molecule has 0 aromatic heterocycles. The van der Waals surface area contributed by atoms with Crippen LogP contribution >= 0.6 is 0 Å². The molecule has 2 aliphatic rings. The summed E-state index contributed by atoms with van der Waals surface area (Å²) >= 11 is 0. The van der Waals surface area contributed by atoms with Crippen LogP contribution in [0.3, 0.4) is 0 Å². The molecule has 3 unspecified atom stereocenters. The molecule has 0 bridgehead atoms. The van der Waals surface area contributed by atoms with Crippen LogP contribution in [-0.2, 0) is 16.0 Å². The number of nitrogens with one attached hydrogen (secondary N) is 3. The molecule has 0 spiro atoms. The first kappa shape index (κ1) is 22.4. The number of rotatable bonds is 8. The number of hydrogen-bond acceptors (Lipinski definition) is 4. The number of hydrogen-bond donors (Lipinski definition) is 3. The highest BCUT2D eigenvalue weighted by atomic mass is 19.1. The number of benzene rings is 2. The molecule has 2 aromatic carbocycles. The van der Waals surface area contributed by atoms with Crippen molar-refractivity contribution in [1.29, 1.82) is 0 Å². The van der Waals surface area contributed by atoms with Crippen LogP contribution in [0.1, 0.15) is 49.3 Å². The average Bonchev–Trinajstić information content (AvgIpc) is 3.26. The van der Waals surface area contributed by atoms with Crippen molar-refractivity contribution < 1.29 is 14.0 Å². The van der Waals surface area contributed by atoms with Crippen molar-refractivity contribution in [1.82, 2.24) is 15.8 Å². The Balaban J connectivity index is 1.16. The van der Waals surface area contributed by atoms with Crippen molar-refractivity contribution >= 4 is 17.5 Å². The van der Waals surface area contributed by atoms with Gasteiger partial charge in [0, 0.05) is 43.7 Å². The number of nitrogens with zero attached hydrogens (tertiary/aromatic N) is 1. The molecule has 2 aliphatic heterocycles. The Morgan fingerprint density at radius 3 is 2.81 bits per heavy atom. The Bertz CT molecular complexity index is 966. The van der Waals surface area contributed by atoms with Gasteiger partial charge in [0.1, 0.15) is 5.82 Å². The minimum absolute atomic E-state index is 0.00631. The van der Waals surface area contributed by atoms with E-state index >= 15 is 0 Å². The Labute approximate surface area is 188 Å². The maximum atomic E-state index is 13.4. The van der Waals surface area contributed by atoms with Crippen LogP contribution in [0, 0.1) is 11.7 Å². The number of anilines is 1. The van der Waals surface area contributed by atoms with E-state index in [0.29, 0.717) is 25.8 Å². The summed E-state index contributed by atoms with van der Waals surface area (Å²) in [6.07, 6.45) is 4.33. The lowest BCUT2D eigenvalue weighted by Gasteiger charge is -2.25. The second kappa shape index (κ2) is 10.2. The number of hydrazine groups is 1. The molecule has 170 valence electrons. The summed E-state index contributed by atoms with van der Waals surface area (Å²) in [5.41, 5.74) is 9.49. The largest absolute Gasteiger partial charge is 0.346 e. The van der Waals surface area contributed by atoms with Gasteiger partial charge in [-0.25, -0.2) is 4.39 Å². The van der Waals surface area contributed by atoms with Crippen LogP contribution in [0.2, 0.25) is 0 Å². The second-order valence-electron chi connectivity index (χ2n) is 8.87. The third kappa shape index (κ3) is 5.53. The highest BCUT2D eigenvalue weighted by molar-refractivity contribution is 5.96. The number of carbonyl (C=O) groups is 2. The predicted molar refractivity (Wildman–Crippen MR) is 122 cm³/mol. The zero-order valence-corrected chi connectivity index (χ0v) is 18.4. The van der Waals surface area contributed by atoms with Crippen molar-refractivity contribution in [2.75, 3.05) is 18.9 Å². The lowest BCUT2D eigenvalue weighted by molar-refractivity contribution is -0.130. The summed E-state index contributed by atoms with van der Waals surface area (Å²) in [4.78, 5) is 26.7. The van der Waals surface area contributed by atoms with E-state index in [1.54, 1.807) is 17.0 Å². The lowest BCUT2D eigenvalue weighted by Crippen LogP contribution is -2.34. The van der Waals surface area contributed by atoms with E-state index in [1.807, 2.05) is 37.4 Å². The predicted octanol–water partition coefficient (Wildman–Crippen LogP) is 3.56. The van der Waals surface area contributed by atoms with Crippen molar-refractivity contribution in [3.05, 3.63) is 65.5 Å². The van der Waals surface area contributed by atoms with E-state index in [1.165, 1.54) is 6.07 Å². The van der Waals surface area contributed by atoms with Gasteiger partial charge in [-0.1, -0.05) is 30.3 Å². The van der Waals surface area contributed by atoms with Gasteiger partial charge < -0.3 is 10.2 Å². The van der Waals surface area contributed by atoms with E-state index in [2.05, 4.69) is 16.2 Å². The van der Waals surface area contributed by atoms with Gasteiger partial charge in [0.25, 0.3) is 0 Å². The van der Waals surface area contributed by atoms with Gasteiger partial charge in [-0.3, -0.25) is 20.4 Å². The molecule has 0 aliphatic carbocycles. The zero-order valence-electron chi connectivity index (χ0n) is 18.4. The number of fused-ring (bicyclic) bond motifs is 1. The van der Waals surface area contributed by atoms with Crippen LogP contribution < -0.4 is 16.2 Å². The maximum Gasteiger partial charge on any atom is 0.227 e. The number of para-hydroxylation sites is 1. The Morgan fingerprint density at radius 1 is 1.12 bits per heavy atom. The van der Waals surface area contributed by atoms with Gasteiger partial charge in [0.15, 0.2) is 0 Å². The van der Waals surface area contributed by atoms with Gasteiger partial charge >= 0.3 is 0 Å². The summed E-state index contributed by atoms with van der Waals surface area (Å²) in [6.45, 7) is 0.682. The van der Waals surface area contributed by atoms with Crippen LogP contribution in [-0.4, -0.2) is 36.3 Å². The molecule has 1 fully saturated rings. The third-order valence-electron chi connectivity index (χ3n) is 6.52. The zero-order chi connectivity index (χ0) is 22.5. The number of amides is 2. The molecular formula is C25H31FN4O2. The molecule has 0 saturated carbocycles. The van der Waals surface area contributed by atoms with Gasteiger partial charge in [-0.05, 0) is 61.4 Å². The fourth-order valence-electron chi connectivity index (χ4n) is 4.59. The molecular weight excluding hydrogens is 407 g/mol. The molecule has 1 saturated heterocycles. The first-order valence-electron chi connectivity index (χ1n) is 11.4. The molecule has 2 amide bonds. The molecule has 7 heteroatoms. The average molecular weight is 439 g/mol. The molecule has 3 atom stereocenters. The molecule has 0 radical (unpaired) electrons. The van der Waals surface area contributed by atoms with Crippen molar-refractivity contribution in [3.63, 3.8) is 0 Å². The van der Waals surface area contributed by atoms with E-state index in [4.69, 9.17) is 0 Å². The SMILES string of the molecule is CN(CCCC1CC(c2cccc(F)c2)NN1)C(=O)CCC1Cc2ccccc2NC1=O. The minimum atomic E-state index is -0.220. The molecule has 2 heterocycles. The van der Waals surface area contributed by atoms with Gasteiger partial charge in [0.05, 0.1) is 0 Å². The Morgan fingerprint density at radius 2 is 1.97 bits per heavy atom. The molecule has 32 heavy (non-hydrogen) atoms. The smallest absolute Gasteiger partial charge is 0.227 e. The standard InChI is InChI=1S/C25H31FN4O2/c1-30(13-5-9-21-16-23(29-28-21)18-7-4-8-20(26)15-18)24(31)12-11-19-14-17-6-2-3-10-22(17)27-25(19)32/h2-4,6-8,10,15,19,21,23,28-29H,5,9,11-14,16H2,1H3,(H,27,32). The van der Waals surface area contributed by atoms with Crippen molar-refractivity contribution in [2.24, 2.45) is 5.92 Å². The Hall–Kier alpha value is -2.77. The molecule has 6 nitrogen and oxygen atoms in total. The first-order valence-corrected chi connectivity index (χ1v) is 11.4. The lowest BCUT2D eigenvalue weighted by atomic mass is 9.89. The van der Waals surface area contributed by atoms with E-state index < -0.39 is 0 Å². The second-order valence-corrected chi connectivity index (χ2v) is 8.87. The molecule has 3 N–H and O–H groups in total. The topological polar surface area (TPSA) is 73.5 Å². The third-order valence-corrected chi connectivity index (χ3v) is 6.52. The number of carbonyl (C=O) groups excluding carboxylic acids is 2. The minimum Gasteiger partial charge on any atom is -0.346 e. The first-order chi connectivity index (χ1) is 15.5. The van der Waals surface area contributed by atoms with Crippen molar-refractivity contribution in [3.8, 4) is 0 Å². The molecule has 4 rings (SSSR count). The summed E-state index contributed by atoms with van der Waals surface area (Å²) in [6, 6.07) is 14.9. The van der Waals surface area contributed by atoms with Gasteiger partial charge in [0.2, 0.25) is 11.8 Å². The van der Waals surface area contributed by atoms with Crippen LogP contribution in [0.15, 0.2) is 48.5 Å². The van der Waals surface area contributed by atoms with Crippen LogP contribution in [0.4, 0.5) is 10.1 Å². The normalized spacial score (nSPS) is 22.3. The van der Waals surface area contributed by atoms with E-state index in [0.717, 1.165) is 36.1 Å². The van der Waals surface area contributed by atoms with Crippen LogP contribution in [0.5, 0.6) is 0 Å². The fourth-order valence-corrected chi connectivity index (χ4v) is 4.59. The summed E-state index contributed by atoms with van der Waals surface area (Å²) < 4.78 is 13.4. The van der Waals surface area contributed by atoms with Crippen LogP contribution in [0.25, 0.3) is 0 Å². The number of halogens is 1.